The molecule has 2 aromatic rings. The van der Waals surface area contributed by atoms with Crippen LogP contribution in [-0.4, -0.2) is 27.1 Å². The normalized spacial score (nSPS) is 11.9. The summed E-state index contributed by atoms with van der Waals surface area (Å²) in [5, 5.41) is 2.93. The van der Waals surface area contributed by atoms with Gasteiger partial charge in [0.2, 0.25) is 15.9 Å². The van der Waals surface area contributed by atoms with Crippen molar-refractivity contribution in [3.05, 3.63) is 59.7 Å². The Balaban J connectivity index is 2.14. The summed E-state index contributed by atoms with van der Waals surface area (Å²) in [6.45, 7) is 8.25. The van der Waals surface area contributed by atoms with Gasteiger partial charge in [0.25, 0.3) is 0 Å². The number of amides is 1. The smallest absolute Gasteiger partial charge is 0.232 e. The van der Waals surface area contributed by atoms with E-state index in [1.807, 2.05) is 43.3 Å². The molecule has 5 nitrogen and oxygen atoms in total. The van der Waals surface area contributed by atoms with Crippen LogP contribution < -0.4 is 9.62 Å². The Kier molecular flexibility index (Phi) is 6.31. The summed E-state index contributed by atoms with van der Waals surface area (Å²) < 4.78 is 25.7. The van der Waals surface area contributed by atoms with Gasteiger partial charge in [0.05, 0.1) is 11.9 Å². The number of hydrogen-bond donors (Lipinski definition) is 1. The zero-order valence-electron chi connectivity index (χ0n) is 16.6. The van der Waals surface area contributed by atoms with E-state index in [0.29, 0.717) is 5.69 Å². The van der Waals surface area contributed by atoms with E-state index in [2.05, 4.69) is 26.1 Å². The molecule has 0 radical (unpaired) electrons. The van der Waals surface area contributed by atoms with Gasteiger partial charge in [0.15, 0.2) is 0 Å². The monoisotopic (exact) mass is 388 g/mol. The number of nitrogens with zero attached hydrogens (tertiary/aromatic N) is 1. The minimum Gasteiger partial charge on any atom is -0.326 e. The van der Waals surface area contributed by atoms with E-state index in [4.69, 9.17) is 0 Å². The summed E-state index contributed by atoms with van der Waals surface area (Å²) >= 11 is 0. The lowest BCUT2D eigenvalue weighted by atomic mass is 9.86. The molecule has 0 saturated carbocycles. The van der Waals surface area contributed by atoms with Crippen molar-refractivity contribution in [3.8, 4) is 0 Å². The molecular weight excluding hydrogens is 360 g/mol. The molecule has 6 heteroatoms. The highest BCUT2D eigenvalue weighted by atomic mass is 32.2. The fraction of sp³-hybridized carbons (Fsp3) is 0.381. The first-order valence-corrected chi connectivity index (χ1v) is 10.8. The van der Waals surface area contributed by atoms with Crippen LogP contribution in [0.5, 0.6) is 0 Å². The Labute approximate surface area is 162 Å². The summed E-state index contributed by atoms with van der Waals surface area (Å²) in [7, 11) is -3.48. The van der Waals surface area contributed by atoms with Crippen molar-refractivity contribution in [3.63, 3.8) is 0 Å². The largest absolute Gasteiger partial charge is 0.326 e. The minimum atomic E-state index is -3.48. The topological polar surface area (TPSA) is 66.5 Å². The maximum Gasteiger partial charge on any atom is 0.232 e. The average molecular weight is 389 g/mol. The Morgan fingerprint density at radius 3 is 2.33 bits per heavy atom. The third kappa shape index (κ3) is 5.82. The van der Waals surface area contributed by atoms with Gasteiger partial charge in [-0.25, -0.2) is 8.42 Å². The van der Waals surface area contributed by atoms with Crippen molar-refractivity contribution in [1.82, 2.24) is 0 Å². The van der Waals surface area contributed by atoms with E-state index in [0.717, 1.165) is 23.1 Å². The van der Waals surface area contributed by atoms with E-state index in [-0.39, 0.29) is 24.3 Å². The summed E-state index contributed by atoms with van der Waals surface area (Å²) in [4.78, 5) is 12.5. The van der Waals surface area contributed by atoms with Crippen LogP contribution in [0.3, 0.4) is 0 Å². The number of sulfonamides is 1. The summed E-state index contributed by atoms with van der Waals surface area (Å²) in [5.74, 6) is -0.215. The lowest BCUT2D eigenvalue weighted by molar-refractivity contribution is -0.116. The van der Waals surface area contributed by atoms with Gasteiger partial charge in [-0.15, -0.1) is 0 Å². The van der Waals surface area contributed by atoms with Gasteiger partial charge in [-0.05, 0) is 41.7 Å². The van der Waals surface area contributed by atoms with Crippen LogP contribution in [0.1, 0.15) is 38.3 Å². The van der Waals surface area contributed by atoms with Crippen molar-refractivity contribution < 1.29 is 13.2 Å². The number of hydrogen-bond acceptors (Lipinski definition) is 3. The lowest BCUT2D eigenvalue weighted by Gasteiger charge is -2.24. The molecule has 2 rings (SSSR count). The maximum absolute atomic E-state index is 12.5. The van der Waals surface area contributed by atoms with Gasteiger partial charge in [0, 0.05) is 18.7 Å². The third-order valence-electron chi connectivity index (χ3n) is 4.24. The third-order valence-corrected chi connectivity index (χ3v) is 5.44. The van der Waals surface area contributed by atoms with Crippen LogP contribution in [0.25, 0.3) is 0 Å². The number of aryl methyl sites for hydroxylation is 1. The molecule has 0 aliphatic heterocycles. The van der Waals surface area contributed by atoms with Gasteiger partial charge < -0.3 is 5.32 Å². The van der Waals surface area contributed by atoms with E-state index in [1.54, 1.807) is 12.1 Å². The van der Waals surface area contributed by atoms with Crippen LogP contribution in [0.2, 0.25) is 0 Å². The first-order valence-electron chi connectivity index (χ1n) is 8.92. The van der Waals surface area contributed by atoms with E-state index >= 15 is 0 Å². The summed E-state index contributed by atoms with van der Waals surface area (Å²) in [5.41, 5.74) is 3.23. The number of rotatable bonds is 6. The van der Waals surface area contributed by atoms with E-state index < -0.39 is 10.0 Å². The second kappa shape index (κ2) is 8.13. The van der Waals surface area contributed by atoms with Crippen molar-refractivity contribution in [2.75, 3.05) is 22.4 Å². The zero-order chi connectivity index (χ0) is 20.2. The molecule has 0 fully saturated rings. The molecule has 0 saturated heterocycles. The van der Waals surface area contributed by atoms with Crippen LogP contribution in [0.15, 0.2) is 48.5 Å². The van der Waals surface area contributed by atoms with Gasteiger partial charge in [-0.2, -0.15) is 0 Å². The number of para-hydroxylation sites is 1. The van der Waals surface area contributed by atoms with Crippen molar-refractivity contribution >= 4 is 27.3 Å². The molecule has 0 unspecified atom stereocenters. The van der Waals surface area contributed by atoms with Crippen molar-refractivity contribution in [1.29, 1.82) is 0 Å². The zero-order valence-corrected chi connectivity index (χ0v) is 17.4. The molecule has 0 aliphatic carbocycles. The highest BCUT2D eigenvalue weighted by molar-refractivity contribution is 7.92. The van der Waals surface area contributed by atoms with Gasteiger partial charge in [-0.1, -0.05) is 51.1 Å². The number of carbonyl (C=O) groups is 1. The molecule has 0 aliphatic rings. The summed E-state index contributed by atoms with van der Waals surface area (Å²) in [6.07, 6.45) is 1.22. The molecule has 2 aromatic carbocycles. The van der Waals surface area contributed by atoms with Crippen LogP contribution in [0.4, 0.5) is 11.4 Å². The highest BCUT2D eigenvalue weighted by Gasteiger charge is 2.21. The second-order valence-corrected chi connectivity index (χ2v) is 9.67. The first kappa shape index (κ1) is 21.0. The molecule has 0 aromatic heterocycles. The van der Waals surface area contributed by atoms with E-state index in [1.165, 1.54) is 4.31 Å². The van der Waals surface area contributed by atoms with Crippen molar-refractivity contribution in [2.24, 2.45) is 0 Å². The van der Waals surface area contributed by atoms with Gasteiger partial charge in [-0.3, -0.25) is 9.10 Å². The molecule has 1 amide bonds. The Morgan fingerprint density at radius 2 is 1.74 bits per heavy atom. The SMILES string of the molecule is Cc1cccc(N(CCC(=O)Nc2ccccc2C(C)(C)C)S(C)(=O)=O)c1. The first-order chi connectivity index (χ1) is 12.5. The molecule has 0 atom stereocenters. The quantitative estimate of drug-likeness (QED) is 0.811. The Bertz CT molecular complexity index is 915. The fourth-order valence-corrected chi connectivity index (χ4v) is 3.85. The predicted molar refractivity (Wildman–Crippen MR) is 112 cm³/mol. The Hall–Kier alpha value is -2.34. The molecule has 0 bridgehead atoms. The number of benzene rings is 2. The Morgan fingerprint density at radius 1 is 1.07 bits per heavy atom. The standard InChI is InChI=1S/C21H28N2O3S/c1-16-9-8-10-17(15-16)23(27(5,25)26)14-13-20(24)22-19-12-7-6-11-18(19)21(2,3)4/h6-12,15H,13-14H2,1-5H3,(H,22,24). The molecule has 1 N–H and O–H groups in total. The molecule has 146 valence electrons. The molecular formula is C21H28N2O3S. The summed E-state index contributed by atoms with van der Waals surface area (Å²) in [6, 6.07) is 14.9. The second-order valence-electron chi connectivity index (χ2n) is 7.77. The minimum absolute atomic E-state index is 0.0689. The maximum atomic E-state index is 12.5. The molecule has 27 heavy (non-hydrogen) atoms. The van der Waals surface area contributed by atoms with Crippen LogP contribution in [-0.2, 0) is 20.2 Å². The molecule has 0 spiro atoms. The van der Waals surface area contributed by atoms with E-state index in [9.17, 15) is 13.2 Å². The number of carbonyl (C=O) groups excluding carboxylic acids is 1. The molecule has 0 heterocycles. The van der Waals surface area contributed by atoms with Gasteiger partial charge in [0.1, 0.15) is 0 Å². The fourth-order valence-electron chi connectivity index (χ4n) is 2.93. The number of nitrogens with one attached hydrogen (secondary N) is 1. The van der Waals surface area contributed by atoms with Gasteiger partial charge >= 0.3 is 0 Å². The highest BCUT2D eigenvalue weighted by Crippen LogP contribution is 2.29. The van der Waals surface area contributed by atoms with Crippen molar-refractivity contribution in [2.45, 2.75) is 39.5 Å². The average Bonchev–Trinajstić information content (AvgIpc) is 2.53. The van der Waals surface area contributed by atoms with Crippen LogP contribution >= 0.6 is 0 Å². The number of anilines is 2. The lowest BCUT2D eigenvalue weighted by Crippen LogP contribution is -2.33. The predicted octanol–water partition coefficient (Wildman–Crippen LogP) is 4.09. The van der Waals surface area contributed by atoms with Crippen LogP contribution in [0, 0.1) is 6.92 Å².